The Morgan fingerprint density at radius 3 is 2.42 bits per heavy atom. The van der Waals surface area contributed by atoms with Gasteiger partial charge in [0.05, 0.1) is 14.2 Å². The van der Waals surface area contributed by atoms with Gasteiger partial charge >= 0.3 is 6.03 Å². The van der Waals surface area contributed by atoms with E-state index in [1.165, 1.54) is 5.56 Å². The van der Waals surface area contributed by atoms with Gasteiger partial charge in [-0.25, -0.2) is 4.79 Å². The molecule has 26 heavy (non-hydrogen) atoms. The quantitative estimate of drug-likeness (QED) is 0.863. The summed E-state index contributed by atoms with van der Waals surface area (Å²) in [6.07, 6.45) is 0.948. The number of hydrogen-bond acceptors (Lipinski definition) is 4. The van der Waals surface area contributed by atoms with Crippen molar-refractivity contribution in [1.82, 2.24) is 4.90 Å². The number of rotatable bonds is 4. The van der Waals surface area contributed by atoms with Crippen LogP contribution >= 0.6 is 11.8 Å². The predicted molar refractivity (Wildman–Crippen MR) is 106 cm³/mol. The van der Waals surface area contributed by atoms with Gasteiger partial charge in [-0.2, -0.15) is 11.8 Å². The fourth-order valence-electron chi connectivity index (χ4n) is 2.99. The Kier molecular flexibility index (Phi) is 6.28. The summed E-state index contributed by atoms with van der Waals surface area (Å²) in [6.45, 7) is 1.47. The lowest BCUT2D eigenvalue weighted by Crippen LogP contribution is -2.36. The van der Waals surface area contributed by atoms with Crippen molar-refractivity contribution in [2.75, 3.05) is 38.4 Å². The first-order valence-electron chi connectivity index (χ1n) is 8.65. The zero-order chi connectivity index (χ0) is 18.4. The first-order valence-corrected chi connectivity index (χ1v) is 9.70. The Balaban J connectivity index is 1.63. The van der Waals surface area contributed by atoms with Gasteiger partial charge in [-0.3, -0.25) is 0 Å². The minimum atomic E-state index is -0.0883. The lowest BCUT2D eigenvalue weighted by atomic mass is 10.1. The van der Waals surface area contributed by atoms with Crippen LogP contribution in [-0.4, -0.2) is 44.0 Å². The molecule has 1 atom stereocenters. The molecule has 5 nitrogen and oxygen atoms in total. The molecule has 1 fully saturated rings. The van der Waals surface area contributed by atoms with E-state index in [4.69, 9.17) is 9.47 Å². The SMILES string of the molecule is COc1cc(NC(=O)N2CCSC(c3ccccc3)CC2)cc(OC)c1. The Morgan fingerprint density at radius 2 is 1.77 bits per heavy atom. The number of hydrogen-bond donors (Lipinski definition) is 1. The number of methoxy groups -OCH3 is 2. The second-order valence-corrected chi connectivity index (χ2v) is 7.39. The van der Waals surface area contributed by atoms with Crippen LogP contribution in [0.3, 0.4) is 0 Å². The molecule has 0 saturated carbocycles. The van der Waals surface area contributed by atoms with Crippen molar-refractivity contribution in [2.45, 2.75) is 11.7 Å². The molecule has 2 aromatic carbocycles. The number of carbonyl (C=O) groups is 1. The van der Waals surface area contributed by atoms with Crippen molar-refractivity contribution in [3.05, 3.63) is 54.1 Å². The molecule has 138 valence electrons. The monoisotopic (exact) mass is 372 g/mol. The molecule has 0 aromatic heterocycles. The smallest absolute Gasteiger partial charge is 0.321 e. The maximum Gasteiger partial charge on any atom is 0.321 e. The number of urea groups is 1. The number of amides is 2. The maximum atomic E-state index is 12.7. The van der Waals surface area contributed by atoms with Crippen LogP contribution in [-0.2, 0) is 0 Å². The summed E-state index contributed by atoms with van der Waals surface area (Å²) in [6, 6.07) is 15.8. The first kappa shape index (κ1) is 18.5. The molecular weight excluding hydrogens is 348 g/mol. The second kappa shape index (κ2) is 8.85. The van der Waals surface area contributed by atoms with E-state index >= 15 is 0 Å². The fourth-order valence-corrected chi connectivity index (χ4v) is 4.22. The van der Waals surface area contributed by atoms with Crippen LogP contribution in [0.15, 0.2) is 48.5 Å². The highest BCUT2D eigenvalue weighted by Gasteiger charge is 2.22. The molecule has 1 aliphatic rings. The normalized spacial score (nSPS) is 17.3. The average Bonchev–Trinajstić information content (AvgIpc) is 2.94. The summed E-state index contributed by atoms with van der Waals surface area (Å²) < 4.78 is 10.5. The summed E-state index contributed by atoms with van der Waals surface area (Å²) in [5.74, 6) is 2.22. The van der Waals surface area contributed by atoms with E-state index in [2.05, 4.69) is 29.6 Å². The molecule has 1 heterocycles. The van der Waals surface area contributed by atoms with E-state index in [9.17, 15) is 4.79 Å². The van der Waals surface area contributed by atoms with Crippen molar-refractivity contribution < 1.29 is 14.3 Å². The molecule has 2 amide bonds. The average molecular weight is 372 g/mol. The van der Waals surface area contributed by atoms with Crippen molar-refractivity contribution in [2.24, 2.45) is 0 Å². The Hall–Kier alpha value is -2.34. The highest BCUT2D eigenvalue weighted by Crippen LogP contribution is 2.34. The lowest BCUT2D eigenvalue weighted by Gasteiger charge is -2.21. The number of anilines is 1. The largest absolute Gasteiger partial charge is 0.497 e. The molecule has 0 radical (unpaired) electrons. The van der Waals surface area contributed by atoms with Crippen LogP contribution in [0.25, 0.3) is 0 Å². The number of ether oxygens (including phenoxy) is 2. The van der Waals surface area contributed by atoms with E-state index in [0.29, 0.717) is 22.4 Å². The van der Waals surface area contributed by atoms with Crippen LogP contribution in [0.5, 0.6) is 11.5 Å². The van der Waals surface area contributed by atoms with Crippen LogP contribution in [0.2, 0.25) is 0 Å². The van der Waals surface area contributed by atoms with Gasteiger partial charge in [-0.15, -0.1) is 0 Å². The van der Waals surface area contributed by atoms with Gasteiger partial charge in [0.1, 0.15) is 11.5 Å². The fraction of sp³-hybridized carbons (Fsp3) is 0.350. The molecule has 0 bridgehead atoms. The highest BCUT2D eigenvalue weighted by atomic mass is 32.2. The van der Waals surface area contributed by atoms with Gasteiger partial charge in [-0.1, -0.05) is 30.3 Å². The topological polar surface area (TPSA) is 50.8 Å². The molecular formula is C20H24N2O3S. The molecule has 0 spiro atoms. The molecule has 2 aromatic rings. The minimum Gasteiger partial charge on any atom is -0.497 e. The molecule has 3 rings (SSSR count). The summed E-state index contributed by atoms with van der Waals surface area (Å²) >= 11 is 1.92. The first-order chi connectivity index (χ1) is 12.7. The minimum absolute atomic E-state index is 0.0883. The number of carbonyl (C=O) groups excluding carboxylic acids is 1. The van der Waals surface area contributed by atoms with Crippen molar-refractivity contribution in [3.8, 4) is 11.5 Å². The van der Waals surface area contributed by atoms with Gasteiger partial charge in [0.2, 0.25) is 0 Å². The lowest BCUT2D eigenvalue weighted by molar-refractivity contribution is 0.215. The maximum absolute atomic E-state index is 12.7. The predicted octanol–water partition coefficient (Wildman–Crippen LogP) is 4.42. The third-order valence-electron chi connectivity index (χ3n) is 4.40. The van der Waals surface area contributed by atoms with E-state index < -0.39 is 0 Å². The van der Waals surface area contributed by atoms with Gasteiger partial charge in [0, 0.05) is 48.0 Å². The number of benzene rings is 2. The van der Waals surface area contributed by atoms with Crippen LogP contribution < -0.4 is 14.8 Å². The molecule has 6 heteroatoms. The Bertz CT molecular complexity index is 717. The van der Waals surface area contributed by atoms with Crippen molar-refractivity contribution in [3.63, 3.8) is 0 Å². The standard InChI is InChI=1S/C20H24N2O3S/c1-24-17-12-16(13-18(14-17)25-2)21-20(23)22-9-8-19(26-11-10-22)15-6-4-3-5-7-15/h3-7,12-14,19H,8-11H2,1-2H3,(H,21,23). The molecule has 0 aliphatic carbocycles. The van der Waals surface area contributed by atoms with Crippen LogP contribution in [0.1, 0.15) is 17.2 Å². The third-order valence-corrected chi connectivity index (χ3v) is 5.73. The molecule has 1 N–H and O–H groups in total. The van der Waals surface area contributed by atoms with Crippen LogP contribution in [0, 0.1) is 0 Å². The van der Waals surface area contributed by atoms with Crippen LogP contribution in [0.4, 0.5) is 10.5 Å². The van der Waals surface area contributed by atoms with Gasteiger partial charge in [-0.05, 0) is 12.0 Å². The summed E-state index contributed by atoms with van der Waals surface area (Å²) in [5.41, 5.74) is 2.00. The Labute approximate surface area is 158 Å². The number of nitrogens with one attached hydrogen (secondary N) is 1. The molecule has 1 aliphatic heterocycles. The van der Waals surface area contributed by atoms with Crippen molar-refractivity contribution in [1.29, 1.82) is 0 Å². The number of nitrogens with zero attached hydrogens (tertiary/aromatic N) is 1. The zero-order valence-electron chi connectivity index (χ0n) is 15.1. The summed E-state index contributed by atoms with van der Waals surface area (Å²) in [5, 5.41) is 3.40. The van der Waals surface area contributed by atoms with Gasteiger partial charge < -0.3 is 19.7 Å². The molecule has 1 saturated heterocycles. The third kappa shape index (κ3) is 4.64. The second-order valence-electron chi connectivity index (χ2n) is 6.08. The van der Waals surface area contributed by atoms with E-state index in [0.717, 1.165) is 25.3 Å². The number of thioether (sulfide) groups is 1. The molecule has 1 unspecified atom stereocenters. The Morgan fingerprint density at radius 1 is 1.08 bits per heavy atom. The highest BCUT2D eigenvalue weighted by molar-refractivity contribution is 7.99. The van der Waals surface area contributed by atoms with E-state index in [1.807, 2.05) is 22.7 Å². The summed E-state index contributed by atoms with van der Waals surface area (Å²) in [4.78, 5) is 14.6. The van der Waals surface area contributed by atoms with Crippen molar-refractivity contribution >= 4 is 23.5 Å². The van der Waals surface area contributed by atoms with E-state index in [-0.39, 0.29) is 6.03 Å². The van der Waals surface area contributed by atoms with E-state index in [1.54, 1.807) is 32.4 Å². The zero-order valence-corrected chi connectivity index (χ0v) is 15.9. The van der Waals surface area contributed by atoms with Gasteiger partial charge in [0.15, 0.2) is 0 Å². The summed E-state index contributed by atoms with van der Waals surface area (Å²) in [7, 11) is 3.19. The van der Waals surface area contributed by atoms with Gasteiger partial charge in [0.25, 0.3) is 0 Å².